The number of aliphatic hydroxyl groups excluding tert-OH is 2. The van der Waals surface area contributed by atoms with Crippen LogP contribution in [0.2, 0.25) is 0 Å². The number of methoxy groups -OCH3 is 3. The van der Waals surface area contributed by atoms with E-state index in [4.69, 9.17) is 39.4 Å². The summed E-state index contributed by atoms with van der Waals surface area (Å²) in [7, 11) is 0.0343. The van der Waals surface area contributed by atoms with Crippen molar-refractivity contribution in [3.63, 3.8) is 0 Å². The first-order chi connectivity index (χ1) is 35.4. The number of hydrogen-bond donors (Lipinski definition) is 3. The fraction of sp³-hybridized carbons (Fsp3) is 0.741. The second-order valence-electron chi connectivity index (χ2n) is 19.7. The highest BCUT2D eigenvalue weighted by atomic mass is 16.6. The third-order valence-electron chi connectivity index (χ3n) is 14.6. The maximum absolute atomic E-state index is 14.6. The molecule has 2 bridgehead atoms. The zero-order chi connectivity index (χ0) is 57.1. The Morgan fingerprint density at radius 1 is 0.956 bits per heavy atom. The van der Waals surface area contributed by atoms with Crippen LogP contribution in [-0.4, -0.2) is 139 Å². The molecule has 4 aliphatic rings. The lowest BCUT2D eigenvalue weighted by molar-refractivity contribution is -0.265. The van der Waals surface area contributed by atoms with Crippen LogP contribution in [0.25, 0.3) is 0 Å². The van der Waals surface area contributed by atoms with Crippen LogP contribution in [0.4, 0.5) is 0 Å². The molecule has 0 radical (unpaired) electrons. The minimum absolute atomic E-state index is 0.00702. The van der Waals surface area contributed by atoms with E-state index >= 15 is 0 Å². The lowest BCUT2D eigenvalue weighted by Crippen LogP contribution is -2.61. The van der Waals surface area contributed by atoms with Crippen LogP contribution in [0.5, 0.6) is 0 Å². The van der Waals surface area contributed by atoms with E-state index < -0.39 is 129 Å². The van der Waals surface area contributed by atoms with Gasteiger partial charge in [-0.1, -0.05) is 77.6 Å². The predicted octanol–water partition coefficient (Wildman–Crippen LogP) is 7.18. The maximum Gasteiger partial charge on any atom is 0.329 e. The highest BCUT2D eigenvalue weighted by Crippen LogP contribution is 2.38. The molecule has 384 valence electrons. The largest absolute Gasteiger partial charge is 0.460 e. The number of ketones is 2. The Balaban J connectivity index is 1.79. The summed E-state index contributed by atoms with van der Waals surface area (Å²) in [5.41, 5.74) is 1.18. The number of carbonyl (C=O) groups excluding carboxylic acids is 4. The van der Waals surface area contributed by atoms with Crippen molar-refractivity contribution in [2.24, 2.45) is 35.5 Å². The number of piperidine rings is 1. The number of amides is 1. The molecule has 0 aromatic rings. The number of nitrogens with zero attached hydrogens (tertiary/aromatic N) is 1. The van der Waals surface area contributed by atoms with Crippen LogP contribution in [-0.2, 0) is 47.6 Å². The van der Waals surface area contributed by atoms with Gasteiger partial charge in [0.2, 0.25) is 5.79 Å². The van der Waals surface area contributed by atoms with Gasteiger partial charge in [-0.05, 0) is 118 Å². The first-order valence-electron chi connectivity index (χ1n) is 28.4. The summed E-state index contributed by atoms with van der Waals surface area (Å²) in [6, 6.07) is -1.36. The molecule has 1 amide bonds. The van der Waals surface area contributed by atoms with Crippen molar-refractivity contribution in [3.05, 3.63) is 59.8 Å². The molecule has 4 rings (SSSR count). The van der Waals surface area contributed by atoms with Gasteiger partial charge in [-0.25, -0.2) is 4.79 Å². The fourth-order valence-corrected chi connectivity index (χ4v) is 10.2. The van der Waals surface area contributed by atoms with E-state index in [2.05, 4.69) is 6.58 Å². The van der Waals surface area contributed by atoms with Gasteiger partial charge in [-0.3, -0.25) is 14.4 Å². The molecule has 14 heteroatoms. The first kappa shape index (κ1) is 45.8. The van der Waals surface area contributed by atoms with Gasteiger partial charge in [0.15, 0.2) is 0 Å². The number of rotatable bonds is 9. The molecule has 0 aromatic heterocycles. The summed E-state index contributed by atoms with van der Waals surface area (Å²) in [6.45, 7) is 8.49. The van der Waals surface area contributed by atoms with Crippen LogP contribution in [0.3, 0.4) is 0 Å². The van der Waals surface area contributed by atoms with Gasteiger partial charge in [0.1, 0.15) is 30.1 Å². The Morgan fingerprint density at radius 3 is 2.41 bits per heavy atom. The van der Waals surface area contributed by atoms with Crippen LogP contribution < -0.4 is 0 Å². The van der Waals surface area contributed by atoms with Crippen molar-refractivity contribution in [3.8, 4) is 0 Å². The first-order valence-corrected chi connectivity index (χ1v) is 24.4. The second kappa shape index (κ2) is 27.3. The van der Waals surface area contributed by atoms with Gasteiger partial charge in [0.25, 0.3) is 11.7 Å². The number of ether oxygens (including phenoxy) is 6. The number of cyclic esters (lactones) is 1. The Bertz CT molecular complexity index is 2110. The van der Waals surface area contributed by atoms with Gasteiger partial charge in [0.05, 0.1) is 44.4 Å². The summed E-state index contributed by atoms with van der Waals surface area (Å²) in [6.07, 6.45) is 6.06. The van der Waals surface area contributed by atoms with Crippen LogP contribution in [0.15, 0.2) is 59.8 Å². The summed E-state index contributed by atoms with van der Waals surface area (Å²) < 4.78 is 100. The number of Topliss-reactive ketones (excluding diaryl/α,β-unsaturated/α-hetero) is 2. The van der Waals surface area contributed by atoms with E-state index in [0.717, 1.165) is 4.90 Å². The van der Waals surface area contributed by atoms with Crippen molar-refractivity contribution in [1.29, 1.82) is 0 Å². The molecular weight excluding hydrogens is 871 g/mol. The minimum Gasteiger partial charge on any atom is -0.460 e. The average molecular weight is 964 g/mol. The molecule has 0 aromatic carbocycles. The van der Waals surface area contributed by atoms with E-state index in [1.165, 1.54) is 27.2 Å². The van der Waals surface area contributed by atoms with Gasteiger partial charge < -0.3 is 48.6 Å². The Kier molecular flexibility index (Phi) is 18.4. The third-order valence-corrected chi connectivity index (χ3v) is 14.6. The van der Waals surface area contributed by atoms with Gasteiger partial charge in [-0.15, -0.1) is 0 Å². The monoisotopic (exact) mass is 964 g/mol. The quantitative estimate of drug-likeness (QED) is 0.120. The van der Waals surface area contributed by atoms with E-state index in [-0.39, 0.29) is 49.1 Å². The maximum atomic E-state index is 14.6. The number of esters is 1. The molecule has 14 nitrogen and oxygen atoms in total. The lowest BCUT2D eigenvalue weighted by Gasteiger charge is -2.42. The molecule has 2 saturated heterocycles. The van der Waals surface area contributed by atoms with E-state index in [9.17, 15) is 34.5 Å². The molecule has 0 spiro atoms. The zero-order valence-electron chi connectivity index (χ0n) is 49.5. The van der Waals surface area contributed by atoms with Crippen molar-refractivity contribution in [2.75, 3.05) is 41.0 Å². The molecule has 3 heterocycles. The number of aliphatic hydroxyl groups is 3. The molecule has 3 fully saturated rings. The van der Waals surface area contributed by atoms with Crippen LogP contribution >= 0.6 is 0 Å². The Morgan fingerprint density at radius 2 is 1.72 bits per heavy atom. The van der Waals surface area contributed by atoms with Crippen LogP contribution in [0.1, 0.15) is 136 Å². The summed E-state index contributed by atoms with van der Waals surface area (Å²) in [5, 5.41) is 33.3. The number of carbonyl (C=O) groups is 4. The minimum atomic E-state index is -2.93. The normalized spacial score (nSPS) is 40.2. The van der Waals surface area contributed by atoms with Crippen molar-refractivity contribution in [2.45, 2.75) is 180 Å². The third kappa shape index (κ3) is 15.3. The summed E-state index contributed by atoms with van der Waals surface area (Å²) in [4.78, 5) is 59.1. The molecule has 68 heavy (non-hydrogen) atoms. The molecule has 1 saturated carbocycles. The number of hydrogen-bond acceptors (Lipinski definition) is 13. The van der Waals surface area contributed by atoms with Crippen molar-refractivity contribution in [1.82, 2.24) is 4.90 Å². The SMILES string of the molecule is [2H]C([2H])([2H])O[C@H]1C[C@@H]2CC[C@@H](C)[C@@](O)(O2)C(=O)C(=O)N2CCCC[C@H]2C(=O)O[C@H]([C@H](C)C[C@@H]2CC[C@@H](OC([2H])([2H])CO)[C@H](OC)C2)CC(=O)[C@H](C([2H])([2H])[2H])/C=C(\C)[C@@H](O)[C@@H](OC)C(=C)[C@H](C)C[C@H](C)/C=C/C=CC=C1C. The van der Waals surface area contributed by atoms with Gasteiger partial charge >= 0.3 is 5.97 Å². The number of fused-ring (bicyclic) bond motifs is 3. The van der Waals surface area contributed by atoms with Gasteiger partial charge in [0, 0.05) is 56.6 Å². The highest BCUT2D eigenvalue weighted by Gasteiger charge is 2.53. The highest BCUT2D eigenvalue weighted by molar-refractivity contribution is 6.39. The Labute approximate surface area is 417 Å². The van der Waals surface area contributed by atoms with Crippen molar-refractivity contribution >= 4 is 23.4 Å². The topological polar surface area (TPSA) is 188 Å². The summed E-state index contributed by atoms with van der Waals surface area (Å²) in [5.74, 6) is -10.6. The molecular formula is C54H85NO13. The van der Waals surface area contributed by atoms with Crippen molar-refractivity contribution < 1.29 is 73.9 Å². The zero-order valence-corrected chi connectivity index (χ0v) is 41.5. The standard InChI is InChI=1S/C54H85NO13/c1-33-17-13-12-14-18-34(2)46(63-9)31-42-22-20-39(7)54(62,68-42)51(59)52(60)55-24-16-15-19-43(55)53(61)67-47(37(5)29-41-21-23-45(66-26-25-56)48(30-41)64-10)32-44(57)36(4)28-38(6)49(58)50(65-11)40(8)35(3)27-33/h12-14,17-18,28,33,35-37,39,41-43,45-50,56,58,62H,8,15-16,19-27,29-32H2,1-7,9-11H3/b14-12?,17-13+,34-18?,38-28+/t33-,35-,36-,37-,39-,41+,42+,43+,45-,46+,47+,48-,49-,50+,54-/m1/s1/i4D3,9D3,26D2. The van der Waals surface area contributed by atoms with Crippen LogP contribution in [0, 0.1) is 35.5 Å². The molecule has 0 unspecified atom stereocenters. The average Bonchev–Trinajstić information content (AvgIpc) is 3.34. The lowest BCUT2D eigenvalue weighted by atomic mass is 9.78. The van der Waals surface area contributed by atoms with Gasteiger partial charge in [-0.2, -0.15) is 0 Å². The van der Waals surface area contributed by atoms with E-state index in [0.29, 0.717) is 62.5 Å². The fourth-order valence-electron chi connectivity index (χ4n) is 10.2. The Hall–Kier alpha value is -3.34. The summed E-state index contributed by atoms with van der Waals surface area (Å²) >= 11 is 0. The smallest absolute Gasteiger partial charge is 0.329 e. The molecule has 3 N–H and O–H groups in total. The predicted molar refractivity (Wildman–Crippen MR) is 260 cm³/mol. The molecule has 3 aliphatic heterocycles. The number of allylic oxidation sites excluding steroid dienone is 6. The molecule has 15 atom stereocenters. The second-order valence-corrected chi connectivity index (χ2v) is 19.7. The van der Waals surface area contributed by atoms with E-state index in [1.54, 1.807) is 39.0 Å². The molecule has 1 aliphatic carbocycles. The van der Waals surface area contributed by atoms with E-state index in [1.807, 2.05) is 26.0 Å².